The highest BCUT2D eigenvalue weighted by Crippen LogP contribution is 2.00. The fourth-order valence-corrected chi connectivity index (χ4v) is 1.04. The normalized spacial score (nSPS) is 8.56. The van der Waals surface area contributed by atoms with Crippen molar-refractivity contribution in [2.45, 2.75) is 79.6 Å². The molecule has 0 rings (SSSR count). The van der Waals surface area contributed by atoms with Gasteiger partial charge in [-0.2, -0.15) is 0 Å². The van der Waals surface area contributed by atoms with Crippen molar-refractivity contribution in [3.8, 4) is 0 Å². The highest BCUT2D eigenvalue weighted by atomic mass is 16.5. The van der Waals surface area contributed by atoms with Crippen molar-refractivity contribution >= 4 is 5.97 Å². The maximum Gasteiger partial charge on any atom is 0.302 e. The molecule has 18 heavy (non-hydrogen) atoms. The number of carbonyl (C=O) groups excluding carboxylic acids is 1. The summed E-state index contributed by atoms with van der Waals surface area (Å²) >= 11 is 0. The first kappa shape index (κ1) is 22.6. The van der Waals surface area contributed by atoms with Crippen molar-refractivity contribution in [3.05, 3.63) is 0 Å². The van der Waals surface area contributed by atoms with E-state index in [9.17, 15) is 4.79 Å². The molecule has 0 atom stereocenters. The number of aliphatic hydroxyl groups excluding tert-OH is 1. The van der Waals surface area contributed by atoms with Gasteiger partial charge in [-0.3, -0.25) is 4.79 Å². The molecule has 3 heteroatoms. The SMILES string of the molecule is CCCCCCC.CCCCO.CCOC(C)=O. The molecule has 0 aliphatic heterocycles. The summed E-state index contributed by atoms with van der Waals surface area (Å²) in [7, 11) is 0. The fourth-order valence-electron chi connectivity index (χ4n) is 1.04. The highest BCUT2D eigenvalue weighted by molar-refractivity contribution is 5.65. The molecule has 0 saturated carbocycles. The monoisotopic (exact) mass is 262 g/mol. The maximum atomic E-state index is 9.82. The summed E-state index contributed by atoms with van der Waals surface area (Å²) in [6, 6.07) is 0. The lowest BCUT2D eigenvalue weighted by molar-refractivity contribution is -0.140. The van der Waals surface area contributed by atoms with E-state index >= 15 is 0 Å². The Morgan fingerprint density at radius 3 is 1.44 bits per heavy atom. The lowest BCUT2D eigenvalue weighted by Gasteiger charge is -1.90. The van der Waals surface area contributed by atoms with Crippen LogP contribution in [0.25, 0.3) is 0 Å². The van der Waals surface area contributed by atoms with Gasteiger partial charge in [0.05, 0.1) is 6.61 Å². The molecule has 0 aliphatic carbocycles. The van der Waals surface area contributed by atoms with Crippen LogP contribution in [-0.2, 0) is 9.53 Å². The molecule has 0 saturated heterocycles. The average Bonchev–Trinajstić information content (AvgIpc) is 2.32. The van der Waals surface area contributed by atoms with E-state index in [-0.39, 0.29) is 5.97 Å². The summed E-state index contributed by atoms with van der Waals surface area (Å²) in [6.45, 7) is 10.5. The van der Waals surface area contributed by atoms with E-state index in [0.717, 1.165) is 12.8 Å². The summed E-state index contributed by atoms with van der Waals surface area (Å²) < 4.78 is 4.40. The largest absolute Gasteiger partial charge is 0.466 e. The third-order valence-corrected chi connectivity index (χ3v) is 2.07. The molecule has 112 valence electrons. The van der Waals surface area contributed by atoms with E-state index in [2.05, 4.69) is 25.5 Å². The topological polar surface area (TPSA) is 46.5 Å². The van der Waals surface area contributed by atoms with Crippen molar-refractivity contribution in [3.63, 3.8) is 0 Å². The molecule has 0 fully saturated rings. The third-order valence-electron chi connectivity index (χ3n) is 2.07. The van der Waals surface area contributed by atoms with E-state index < -0.39 is 0 Å². The average molecular weight is 262 g/mol. The van der Waals surface area contributed by atoms with Crippen LogP contribution in [0.3, 0.4) is 0 Å². The van der Waals surface area contributed by atoms with Crippen LogP contribution >= 0.6 is 0 Å². The van der Waals surface area contributed by atoms with Gasteiger partial charge in [-0.25, -0.2) is 0 Å². The van der Waals surface area contributed by atoms with E-state index in [0.29, 0.717) is 13.2 Å². The molecule has 0 spiro atoms. The second kappa shape index (κ2) is 25.3. The van der Waals surface area contributed by atoms with E-state index in [1.165, 1.54) is 39.0 Å². The highest BCUT2D eigenvalue weighted by Gasteiger charge is 1.81. The first-order chi connectivity index (χ1) is 8.60. The van der Waals surface area contributed by atoms with Gasteiger partial charge in [-0.05, 0) is 13.3 Å². The molecular weight excluding hydrogens is 228 g/mol. The third kappa shape index (κ3) is 45.2. The van der Waals surface area contributed by atoms with Crippen molar-refractivity contribution in [2.24, 2.45) is 0 Å². The quantitative estimate of drug-likeness (QED) is 0.549. The van der Waals surface area contributed by atoms with Crippen molar-refractivity contribution < 1.29 is 14.6 Å². The number of ether oxygens (including phenoxy) is 1. The molecule has 0 bridgehead atoms. The molecule has 1 N–H and O–H groups in total. The van der Waals surface area contributed by atoms with Gasteiger partial charge < -0.3 is 9.84 Å². The predicted molar refractivity (Wildman–Crippen MR) is 78.7 cm³/mol. The van der Waals surface area contributed by atoms with Gasteiger partial charge in [0.2, 0.25) is 0 Å². The van der Waals surface area contributed by atoms with Crippen LogP contribution in [-0.4, -0.2) is 24.3 Å². The van der Waals surface area contributed by atoms with E-state index in [1.807, 2.05) is 0 Å². The number of esters is 1. The van der Waals surface area contributed by atoms with Crippen LogP contribution < -0.4 is 0 Å². The Kier molecular flexibility index (Phi) is 31.8. The lowest BCUT2D eigenvalue weighted by atomic mass is 10.2. The molecule has 3 nitrogen and oxygen atoms in total. The van der Waals surface area contributed by atoms with Crippen LogP contribution in [0.2, 0.25) is 0 Å². The minimum absolute atomic E-state index is 0.211. The Labute approximate surface area is 114 Å². The summed E-state index contributed by atoms with van der Waals surface area (Å²) in [5, 5.41) is 8.07. The fraction of sp³-hybridized carbons (Fsp3) is 0.933. The van der Waals surface area contributed by atoms with Crippen LogP contribution in [0.5, 0.6) is 0 Å². The zero-order chi connectivity index (χ0) is 14.6. The van der Waals surface area contributed by atoms with Gasteiger partial charge in [0.25, 0.3) is 0 Å². The summed E-state index contributed by atoms with van der Waals surface area (Å²) in [4.78, 5) is 9.82. The molecule has 0 unspecified atom stereocenters. The number of aliphatic hydroxyl groups is 1. The van der Waals surface area contributed by atoms with Crippen LogP contribution in [0.15, 0.2) is 0 Å². The Bertz CT molecular complexity index is 130. The Hall–Kier alpha value is -0.570. The van der Waals surface area contributed by atoms with Crippen molar-refractivity contribution in [2.75, 3.05) is 13.2 Å². The number of unbranched alkanes of at least 4 members (excludes halogenated alkanes) is 5. The van der Waals surface area contributed by atoms with Gasteiger partial charge in [0, 0.05) is 13.5 Å². The molecular formula is C15H34O3. The molecule has 0 heterocycles. The van der Waals surface area contributed by atoms with Gasteiger partial charge >= 0.3 is 5.97 Å². The van der Waals surface area contributed by atoms with Gasteiger partial charge in [-0.1, -0.05) is 59.3 Å². The van der Waals surface area contributed by atoms with E-state index in [4.69, 9.17) is 5.11 Å². The Balaban J connectivity index is -0.000000190. The first-order valence-corrected chi connectivity index (χ1v) is 7.34. The minimum atomic E-state index is -0.211. The molecule has 0 aromatic rings. The molecule has 0 radical (unpaired) electrons. The zero-order valence-corrected chi connectivity index (χ0v) is 13.1. The van der Waals surface area contributed by atoms with Crippen LogP contribution in [0, 0.1) is 0 Å². The smallest absolute Gasteiger partial charge is 0.302 e. The number of hydrogen-bond acceptors (Lipinski definition) is 3. The maximum absolute atomic E-state index is 9.82. The van der Waals surface area contributed by atoms with Gasteiger partial charge in [0.1, 0.15) is 0 Å². The van der Waals surface area contributed by atoms with Gasteiger partial charge in [-0.15, -0.1) is 0 Å². The first-order valence-electron chi connectivity index (χ1n) is 7.34. The standard InChI is InChI=1S/C7H16.C4H8O2.C4H10O/c1-3-5-7-6-4-2;1-3-6-4(2)5;1-2-3-4-5/h3-7H2,1-2H3;3H2,1-2H3;5H,2-4H2,1H3. The number of carbonyl (C=O) groups is 1. The molecule has 0 amide bonds. The molecule has 0 aliphatic rings. The Morgan fingerprint density at radius 2 is 1.33 bits per heavy atom. The Morgan fingerprint density at radius 1 is 0.889 bits per heavy atom. The number of rotatable bonds is 7. The zero-order valence-electron chi connectivity index (χ0n) is 13.1. The minimum Gasteiger partial charge on any atom is -0.466 e. The lowest BCUT2D eigenvalue weighted by Crippen LogP contribution is -1.95. The predicted octanol–water partition coefficient (Wildman–Crippen LogP) is 4.32. The summed E-state index contributed by atoms with van der Waals surface area (Å²) in [5.41, 5.74) is 0. The molecule has 0 aromatic heterocycles. The second-order valence-electron chi connectivity index (χ2n) is 4.06. The number of hydrogen-bond donors (Lipinski definition) is 1. The van der Waals surface area contributed by atoms with Crippen LogP contribution in [0.4, 0.5) is 0 Å². The van der Waals surface area contributed by atoms with Gasteiger partial charge in [0.15, 0.2) is 0 Å². The van der Waals surface area contributed by atoms with E-state index in [1.54, 1.807) is 6.92 Å². The van der Waals surface area contributed by atoms with Crippen molar-refractivity contribution in [1.82, 2.24) is 0 Å². The second-order valence-corrected chi connectivity index (χ2v) is 4.06. The van der Waals surface area contributed by atoms with Crippen LogP contribution in [0.1, 0.15) is 79.6 Å². The summed E-state index contributed by atoms with van der Waals surface area (Å²) in [6.07, 6.45) is 9.05. The van der Waals surface area contributed by atoms with Crippen molar-refractivity contribution in [1.29, 1.82) is 0 Å². The summed E-state index contributed by atoms with van der Waals surface area (Å²) in [5.74, 6) is -0.211. The molecule has 0 aromatic carbocycles.